The van der Waals surface area contributed by atoms with Crippen LogP contribution >= 0.6 is 35.0 Å². The number of furan rings is 1. The molecule has 158 valence electrons. The van der Waals surface area contributed by atoms with Crippen LogP contribution in [0.4, 0.5) is 0 Å². The van der Waals surface area contributed by atoms with Gasteiger partial charge in [0.15, 0.2) is 5.17 Å². The zero-order valence-electron chi connectivity index (χ0n) is 16.1. The highest BCUT2D eigenvalue weighted by atomic mass is 35.5. The van der Waals surface area contributed by atoms with E-state index in [1.807, 2.05) is 0 Å². The van der Waals surface area contributed by atoms with E-state index in [1.54, 1.807) is 60.9 Å². The van der Waals surface area contributed by atoms with Gasteiger partial charge in [-0.2, -0.15) is 5.10 Å². The van der Waals surface area contributed by atoms with Crippen LogP contribution in [0.15, 0.2) is 75.5 Å². The van der Waals surface area contributed by atoms with Crippen molar-refractivity contribution >= 4 is 52.3 Å². The number of halogens is 2. The van der Waals surface area contributed by atoms with Gasteiger partial charge in [-0.1, -0.05) is 47.1 Å². The number of phenols is 1. The molecule has 1 N–H and O–H groups in total. The maximum absolute atomic E-state index is 13.1. The zero-order valence-corrected chi connectivity index (χ0v) is 18.4. The van der Waals surface area contributed by atoms with Crippen LogP contribution in [-0.4, -0.2) is 32.5 Å². The van der Waals surface area contributed by atoms with Crippen molar-refractivity contribution in [3.63, 3.8) is 0 Å². The monoisotopic (exact) mass is 473 g/mol. The molecule has 1 fully saturated rings. The van der Waals surface area contributed by atoms with Crippen molar-refractivity contribution in [2.45, 2.75) is 18.2 Å². The fraction of sp³-hybridized carbons (Fsp3) is 0.136. The minimum atomic E-state index is -0.426. The molecule has 1 atom stereocenters. The highest BCUT2D eigenvalue weighted by Gasteiger charge is 2.39. The van der Waals surface area contributed by atoms with Crippen LogP contribution in [0, 0.1) is 0 Å². The summed E-state index contributed by atoms with van der Waals surface area (Å²) in [5, 5.41) is 19.3. The molecule has 0 saturated carbocycles. The fourth-order valence-electron chi connectivity index (χ4n) is 3.06. The Bertz CT molecular complexity index is 1150. The Morgan fingerprint density at radius 3 is 2.77 bits per heavy atom. The SMILES string of the molecule is O=C1C(Cc2cc(Cl)ccc2Cl)SC(=N/N=C/c2ccccc2O)N1Cc1ccco1. The molecule has 0 radical (unpaired) electrons. The van der Waals surface area contributed by atoms with Crippen LogP contribution in [0.2, 0.25) is 10.0 Å². The van der Waals surface area contributed by atoms with Crippen molar-refractivity contribution in [2.75, 3.05) is 0 Å². The number of thioether (sulfide) groups is 1. The molecule has 0 aliphatic carbocycles. The Labute approximate surface area is 193 Å². The Balaban J connectivity index is 1.59. The molecule has 1 aliphatic heterocycles. The quantitative estimate of drug-likeness (QED) is 0.385. The first kappa shape index (κ1) is 21.5. The average Bonchev–Trinajstić information content (AvgIpc) is 3.36. The van der Waals surface area contributed by atoms with Gasteiger partial charge in [-0.05, 0) is 54.4 Å². The van der Waals surface area contributed by atoms with Gasteiger partial charge in [0.25, 0.3) is 0 Å². The smallest absolute Gasteiger partial charge is 0.242 e. The second-order valence-corrected chi connectivity index (χ2v) is 8.75. The molecule has 31 heavy (non-hydrogen) atoms. The zero-order chi connectivity index (χ0) is 21.8. The number of carbonyl (C=O) groups is 1. The van der Waals surface area contributed by atoms with E-state index in [-0.39, 0.29) is 18.2 Å². The molecule has 9 heteroatoms. The molecule has 1 aliphatic rings. The Morgan fingerprint density at radius 2 is 2.00 bits per heavy atom. The summed E-state index contributed by atoms with van der Waals surface area (Å²) in [6, 6.07) is 15.5. The van der Waals surface area contributed by atoms with E-state index in [9.17, 15) is 9.90 Å². The Kier molecular flexibility index (Phi) is 6.65. The van der Waals surface area contributed by atoms with Gasteiger partial charge in [-0.25, -0.2) is 0 Å². The van der Waals surface area contributed by atoms with E-state index in [0.29, 0.717) is 33.0 Å². The summed E-state index contributed by atoms with van der Waals surface area (Å²) in [6.07, 6.45) is 3.40. The molecular formula is C22H17Cl2N3O3S. The molecule has 0 spiro atoms. The molecule has 2 heterocycles. The van der Waals surface area contributed by atoms with Gasteiger partial charge < -0.3 is 9.52 Å². The average molecular weight is 474 g/mol. The third-order valence-corrected chi connectivity index (χ3v) is 6.37. The van der Waals surface area contributed by atoms with Gasteiger partial charge in [-0.3, -0.25) is 9.69 Å². The molecule has 2 aromatic carbocycles. The predicted molar refractivity (Wildman–Crippen MR) is 124 cm³/mol. The molecule has 0 bridgehead atoms. The van der Waals surface area contributed by atoms with Gasteiger partial charge in [0.05, 0.1) is 24.3 Å². The summed E-state index contributed by atoms with van der Waals surface area (Å²) in [6.45, 7) is 0.240. The number of rotatable bonds is 6. The highest BCUT2D eigenvalue weighted by molar-refractivity contribution is 8.15. The lowest BCUT2D eigenvalue weighted by Crippen LogP contribution is -2.32. The van der Waals surface area contributed by atoms with Crippen LogP contribution in [0.25, 0.3) is 0 Å². The van der Waals surface area contributed by atoms with Crippen LogP contribution in [0.3, 0.4) is 0 Å². The van der Waals surface area contributed by atoms with Crippen molar-refractivity contribution in [1.82, 2.24) is 4.90 Å². The minimum Gasteiger partial charge on any atom is -0.507 e. The normalized spacial score (nSPS) is 17.9. The van der Waals surface area contributed by atoms with Gasteiger partial charge in [0.1, 0.15) is 11.5 Å². The van der Waals surface area contributed by atoms with Crippen LogP contribution in [-0.2, 0) is 17.8 Å². The summed E-state index contributed by atoms with van der Waals surface area (Å²) in [5.74, 6) is 0.615. The fourth-order valence-corrected chi connectivity index (χ4v) is 4.57. The number of hydrogen-bond acceptors (Lipinski definition) is 6. The number of para-hydroxylation sites is 1. The lowest BCUT2D eigenvalue weighted by atomic mass is 10.1. The number of benzene rings is 2. The van der Waals surface area contributed by atoms with Crippen molar-refractivity contribution in [3.05, 3.63) is 87.8 Å². The van der Waals surface area contributed by atoms with Crippen LogP contribution in [0.1, 0.15) is 16.9 Å². The lowest BCUT2D eigenvalue weighted by molar-refractivity contribution is -0.126. The van der Waals surface area contributed by atoms with Gasteiger partial charge in [0, 0.05) is 15.6 Å². The minimum absolute atomic E-state index is 0.0996. The Hall–Kier alpha value is -2.74. The molecule has 1 unspecified atom stereocenters. The summed E-state index contributed by atoms with van der Waals surface area (Å²) >= 11 is 13.7. The maximum atomic E-state index is 13.1. The molecular weight excluding hydrogens is 457 g/mol. The van der Waals surface area contributed by atoms with E-state index in [2.05, 4.69) is 10.2 Å². The van der Waals surface area contributed by atoms with Gasteiger partial charge in [-0.15, -0.1) is 5.10 Å². The predicted octanol–water partition coefficient (Wildman–Crippen LogP) is 5.37. The third-order valence-electron chi connectivity index (χ3n) is 4.60. The maximum Gasteiger partial charge on any atom is 0.242 e. The molecule has 4 rings (SSSR count). The van der Waals surface area contributed by atoms with Crippen molar-refractivity contribution in [1.29, 1.82) is 0 Å². The first-order chi connectivity index (χ1) is 15.0. The number of hydrogen-bond donors (Lipinski definition) is 1. The third kappa shape index (κ3) is 5.12. The number of phenolic OH excluding ortho intramolecular Hbond substituents is 1. The topological polar surface area (TPSA) is 78.4 Å². The number of nitrogens with zero attached hydrogens (tertiary/aromatic N) is 3. The first-order valence-electron chi connectivity index (χ1n) is 9.34. The largest absolute Gasteiger partial charge is 0.507 e. The molecule has 1 saturated heterocycles. The van der Waals surface area contributed by atoms with E-state index < -0.39 is 5.25 Å². The first-order valence-corrected chi connectivity index (χ1v) is 11.0. The van der Waals surface area contributed by atoms with Crippen LogP contribution in [0.5, 0.6) is 5.75 Å². The summed E-state index contributed by atoms with van der Waals surface area (Å²) in [5.41, 5.74) is 1.32. The van der Waals surface area contributed by atoms with E-state index >= 15 is 0 Å². The molecule has 1 aromatic heterocycles. The van der Waals surface area contributed by atoms with E-state index in [4.69, 9.17) is 27.6 Å². The second kappa shape index (κ2) is 9.60. The number of amidine groups is 1. The molecule has 3 aromatic rings. The summed E-state index contributed by atoms with van der Waals surface area (Å²) in [7, 11) is 0. The number of carbonyl (C=O) groups excluding carboxylic acids is 1. The van der Waals surface area contributed by atoms with E-state index in [0.717, 1.165) is 5.56 Å². The molecule has 1 amide bonds. The summed E-state index contributed by atoms with van der Waals surface area (Å²) in [4.78, 5) is 14.7. The number of amides is 1. The van der Waals surface area contributed by atoms with Crippen molar-refractivity contribution < 1.29 is 14.3 Å². The van der Waals surface area contributed by atoms with E-state index in [1.165, 1.54) is 22.9 Å². The number of aromatic hydroxyl groups is 1. The van der Waals surface area contributed by atoms with Gasteiger partial charge in [0.2, 0.25) is 5.91 Å². The lowest BCUT2D eigenvalue weighted by Gasteiger charge is -2.14. The summed E-state index contributed by atoms with van der Waals surface area (Å²) < 4.78 is 5.40. The molecule has 6 nitrogen and oxygen atoms in total. The van der Waals surface area contributed by atoms with Crippen molar-refractivity contribution in [2.24, 2.45) is 10.2 Å². The standard InChI is InChI=1S/C22H17Cl2N3O3S/c23-16-7-8-18(24)15(10-16)11-20-21(29)27(13-17-5-3-9-30-17)22(31-20)26-25-12-14-4-1-2-6-19(14)28/h1-10,12,20,28H,11,13H2/b25-12+,26-22?. The van der Waals surface area contributed by atoms with Crippen molar-refractivity contribution in [3.8, 4) is 5.75 Å². The second-order valence-electron chi connectivity index (χ2n) is 6.74. The Morgan fingerprint density at radius 1 is 1.16 bits per heavy atom. The van der Waals surface area contributed by atoms with Crippen LogP contribution < -0.4 is 0 Å². The van der Waals surface area contributed by atoms with Gasteiger partial charge >= 0.3 is 0 Å². The highest BCUT2D eigenvalue weighted by Crippen LogP contribution is 2.33.